The average Bonchev–Trinajstić information content (AvgIpc) is 2.50. The van der Waals surface area contributed by atoms with E-state index in [9.17, 15) is 9.00 Å². The van der Waals surface area contributed by atoms with Crippen molar-refractivity contribution in [1.82, 2.24) is 0 Å². The first-order valence-corrected chi connectivity index (χ1v) is 7.83. The highest BCUT2D eigenvalue weighted by Crippen LogP contribution is 2.19. The summed E-state index contributed by atoms with van der Waals surface area (Å²) in [5.41, 5.74) is 7.86. The number of aryl methyl sites for hydroxylation is 1. The van der Waals surface area contributed by atoms with Gasteiger partial charge in [-0.05, 0) is 43.7 Å². The van der Waals surface area contributed by atoms with E-state index in [1.807, 2.05) is 19.1 Å². The lowest BCUT2D eigenvalue weighted by Crippen LogP contribution is -2.29. The first-order valence-electron chi connectivity index (χ1n) is 6.61. The summed E-state index contributed by atoms with van der Waals surface area (Å²) >= 11 is 0. The zero-order valence-corrected chi connectivity index (χ0v) is 12.8. The van der Waals surface area contributed by atoms with E-state index < -0.39 is 16.0 Å². The summed E-state index contributed by atoms with van der Waals surface area (Å²) < 4.78 is 12.4. The Morgan fingerprint density at radius 1 is 1.19 bits per heavy atom. The fourth-order valence-electron chi connectivity index (χ4n) is 1.86. The first kappa shape index (κ1) is 15.3. The molecule has 2 atom stereocenters. The van der Waals surface area contributed by atoms with Gasteiger partial charge < -0.3 is 11.1 Å². The minimum Gasteiger partial charge on any atom is -0.399 e. The van der Waals surface area contributed by atoms with Gasteiger partial charge in [-0.15, -0.1) is 0 Å². The van der Waals surface area contributed by atoms with Crippen molar-refractivity contribution in [3.05, 3.63) is 54.1 Å². The van der Waals surface area contributed by atoms with E-state index in [2.05, 4.69) is 5.32 Å². The van der Waals surface area contributed by atoms with Gasteiger partial charge in [0.25, 0.3) is 0 Å². The van der Waals surface area contributed by atoms with Crippen LogP contribution in [0.15, 0.2) is 53.4 Å². The molecule has 0 spiro atoms. The number of nitrogens with one attached hydrogen (secondary N) is 1. The van der Waals surface area contributed by atoms with Gasteiger partial charge in [-0.3, -0.25) is 9.00 Å². The highest BCUT2D eigenvalue weighted by molar-refractivity contribution is 7.86. The van der Waals surface area contributed by atoms with Gasteiger partial charge in [0.2, 0.25) is 5.91 Å². The van der Waals surface area contributed by atoms with Crippen LogP contribution in [0.4, 0.5) is 11.4 Å². The van der Waals surface area contributed by atoms with E-state index in [0.29, 0.717) is 16.3 Å². The van der Waals surface area contributed by atoms with Crippen LogP contribution >= 0.6 is 0 Å². The molecule has 0 fully saturated rings. The number of carbonyl (C=O) groups is 1. The summed E-state index contributed by atoms with van der Waals surface area (Å²) in [6, 6.07) is 14.3. The molecule has 2 unspecified atom stereocenters. The SMILES string of the molecule is Cc1ccc(N)cc1NC(=O)C(C)S(=O)c1ccccc1. The zero-order chi connectivity index (χ0) is 15.4. The molecule has 21 heavy (non-hydrogen) atoms. The second-order valence-corrected chi connectivity index (χ2v) is 6.59. The van der Waals surface area contributed by atoms with Gasteiger partial charge in [0.15, 0.2) is 0 Å². The number of benzene rings is 2. The number of hydrogen-bond acceptors (Lipinski definition) is 3. The van der Waals surface area contributed by atoms with Crippen molar-refractivity contribution < 1.29 is 9.00 Å². The van der Waals surface area contributed by atoms with Crippen LogP contribution in [-0.4, -0.2) is 15.4 Å². The number of nitrogens with two attached hydrogens (primary N) is 1. The van der Waals surface area contributed by atoms with Crippen LogP contribution in [0.5, 0.6) is 0 Å². The summed E-state index contributed by atoms with van der Waals surface area (Å²) in [5, 5.41) is 2.14. The summed E-state index contributed by atoms with van der Waals surface area (Å²) in [6.45, 7) is 3.54. The lowest BCUT2D eigenvalue weighted by atomic mass is 10.2. The molecular weight excluding hydrogens is 284 g/mol. The van der Waals surface area contributed by atoms with Crippen LogP contribution in [0, 0.1) is 6.92 Å². The Bertz CT molecular complexity index is 671. The first-order chi connectivity index (χ1) is 9.99. The van der Waals surface area contributed by atoms with E-state index in [0.717, 1.165) is 5.56 Å². The van der Waals surface area contributed by atoms with Gasteiger partial charge in [0.05, 0.1) is 10.8 Å². The van der Waals surface area contributed by atoms with Gasteiger partial charge in [0.1, 0.15) is 5.25 Å². The molecule has 3 N–H and O–H groups in total. The molecule has 0 aromatic heterocycles. The Morgan fingerprint density at radius 2 is 1.86 bits per heavy atom. The maximum atomic E-state index is 12.4. The van der Waals surface area contributed by atoms with Gasteiger partial charge in [0, 0.05) is 16.3 Å². The number of hydrogen-bond donors (Lipinski definition) is 2. The summed E-state index contributed by atoms with van der Waals surface area (Å²) in [5.74, 6) is -0.286. The van der Waals surface area contributed by atoms with E-state index in [1.54, 1.807) is 43.3 Å². The number of amides is 1. The topological polar surface area (TPSA) is 72.2 Å². The molecule has 110 valence electrons. The summed E-state index contributed by atoms with van der Waals surface area (Å²) in [4.78, 5) is 12.9. The average molecular weight is 302 g/mol. The molecular formula is C16H18N2O2S. The maximum Gasteiger partial charge on any atom is 0.240 e. The van der Waals surface area contributed by atoms with Crippen molar-refractivity contribution in [3.63, 3.8) is 0 Å². The Balaban J connectivity index is 2.13. The van der Waals surface area contributed by atoms with Gasteiger partial charge in [-0.25, -0.2) is 0 Å². The van der Waals surface area contributed by atoms with E-state index >= 15 is 0 Å². The number of anilines is 2. The highest BCUT2D eigenvalue weighted by atomic mass is 32.2. The van der Waals surface area contributed by atoms with Crippen molar-refractivity contribution in [2.75, 3.05) is 11.1 Å². The van der Waals surface area contributed by atoms with Gasteiger partial charge in [-0.2, -0.15) is 0 Å². The molecule has 0 aliphatic rings. The molecule has 0 heterocycles. The third kappa shape index (κ3) is 3.70. The standard InChI is InChI=1S/C16H18N2O2S/c1-11-8-9-13(17)10-15(11)18-16(19)12(2)21(20)14-6-4-3-5-7-14/h3-10,12H,17H2,1-2H3,(H,18,19). The van der Waals surface area contributed by atoms with Crippen molar-refractivity contribution in [3.8, 4) is 0 Å². The zero-order valence-electron chi connectivity index (χ0n) is 12.0. The number of nitrogen functional groups attached to an aromatic ring is 1. The Kier molecular flexibility index (Phi) is 4.75. The van der Waals surface area contributed by atoms with Gasteiger partial charge >= 0.3 is 0 Å². The fraction of sp³-hybridized carbons (Fsp3) is 0.188. The maximum absolute atomic E-state index is 12.4. The minimum absolute atomic E-state index is 0.286. The lowest BCUT2D eigenvalue weighted by molar-refractivity contribution is -0.115. The van der Waals surface area contributed by atoms with Gasteiger partial charge in [-0.1, -0.05) is 24.3 Å². The molecule has 2 rings (SSSR count). The molecule has 4 nitrogen and oxygen atoms in total. The van der Waals surface area contributed by atoms with E-state index in [1.165, 1.54) is 0 Å². The van der Waals surface area contributed by atoms with Crippen molar-refractivity contribution >= 4 is 28.1 Å². The molecule has 0 bridgehead atoms. The third-order valence-electron chi connectivity index (χ3n) is 3.19. The van der Waals surface area contributed by atoms with Crippen LogP contribution < -0.4 is 11.1 Å². The van der Waals surface area contributed by atoms with Crippen LogP contribution in [0.1, 0.15) is 12.5 Å². The molecule has 0 saturated carbocycles. The summed E-state index contributed by atoms with van der Waals surface area (Å²) in [6.07, 6.45) is 0. The monoisotopic (exact) mass is 302 g/mol. The Labute approximate surface area is 126 Å². The smallest absolute Gasteiger partial charge is 0.240 e. The van der Waals surface area contributed by atoms with Crippen molar-refractivity contribution in [1.29, 1.82) is 0 Å². The van der Waals surface area contributed by atoms with Crippen LogP contribution in [-0.2, 0) is 15.6 Å². The predicted molar refractivity (Wildman–Crippen MR) is 86.5 cm³/mol. The molecule has 0 saturated heterocycles. The molecule has 0 aliphatic carbocycles. The molecule has 5 heteroatoms. The molecule has 0 aliphatic heterocycles. The number of carbonyl (C=O) groups excluding carboxylic acids is 1. The second kappa shape index (κ2) is 6.54. The molecule has 1 amide bonds. The Morgan fingerprint density at radius 3 is 2.52 bits per heavy atom. The van der Waals surface area contributed by atoms with Crippen molar-refractivity contribution in [2.24, 2.45) is 0 Å². The largest absolute Gasteiger partial charge is 0.399 e. The Hall–Kier alpha value is -2.14. The summed E-state index contributed by atoms with van der Waals surface area (Å²) in [7, 11) is -1.39. The normalized spacial score (nSPS) is 13.4. The van der Waals surface area contributed by atoms with Crippen LogP contribution in [0.25, 0.3) is 0 Å². The molecule has 2 aromatic rings. The van der Waals surface area contributed by atoms with Crippen LogP contribution in [0.2, 0.25) is 0 Å². The predicted octanol–water partition coefficient (Wildman–Crippen LogP) is 2.71. The lowest BCUT2D eigenvalue weighted by Gasteiger charge is -2.14. The van der Waals surface area contributed by atoms with E-state index in [4.69, 9.17) is 5.73 Å². The fourth-order valence-corrected chi connectivity index (χ4v) is 2.95. The quantitative estimate of drug-likeness (QED) is 0.853. The highest BCUT2D eigenvalue weighted by Gasteiger charge is 2.21. The number of rotatable bonds is 4. The third-order valence-corrected chi connectivity index (χ3v) is 4.78. The van der Waals surface area contributed by atoms with Crippen molar-refractivity contribution in [2.45, 2.75) is 24.0 Å². The minimum atomic E-state index is -1.39. The van der Waals surface area contributed by atoms with E-state index in [-0.39, 0.29) is 5.91 Å². The molecule has 2 aromatic carbocycles. The molecule has 0 radical (unpaired) electrons. The second-order valence-electron chi connectivity index (χ2n) is 4.82. The van der Waals surface area contributed by atoms with Crippen LogP contribution in [0.3, 0.4) is 0 Å².